The van der Waals surface area contributed by atoms with E-state index in [2.05, 4.69) is 34.0 Å². The second-order valence-corrected chi connectivity index (χ2v) is 6.33. The summed E-state index contributed by atoms with van der Waals surface area (Å²) >= 11 is 2.23. The van der Waals surface area contributed by atoms with Gasteiger partial charge in [0, 0.05) is 9.26 Å². The van der Waals surface area contributed by atoms with Crippen molar-refractivity contribution in [2.24, 2.45) is 0 Å². The van der Waals surface area contributed by atoms with Crippen molar-refractivity contribution in [1.29, 1.82) is 0 Å². The normalized spacial score (nSPS) is 11.8. The fourth-order valence-corrected chi connectivity index (χ4v) is 2.40. The SMILES string of the molecule is Cc1cc(C)cc(O[C@@H](C)C(=O)Nc2ccc(I)cc2)c1. The van der Waals surface area contributed by atoms with Crippen molar-refractivity contribution in [3.05, 3.63) is 57.2 Å². The molecule has 1 N–H and O–H groups in total. The number of benzene rings is 2. The van der Waals surface area contributed by atoms with E-state index in [1.54, 1.807) is 6.92 Å². The van der Waals surface area contributed by atoms with Crippen molar-refractivity contribution in [3.63, 3.8) is 0 Å². The highest BCUT2D eigenvalue weighted by Gasteiger charge is 2.15. The minimum absolute atomic E-state index is 0.157. The average Bonchev–Trinajstić information content (AvgIpc) is 2.40. The van der Waals surface area contributed by atoms with Gasteiger partial charge in [-0.15, -0.1) is 0 Å². The van der Waals surface area contributed by atoms with Gasteiger partial charge in [0.25, 0.3) is 5.91 Å². The van der Waals surface area contributed by atoms with Crippen LogP contribution in [0.2, 0.25) is 0 Å². The Morgan fingerprint density at radius 2 is 1.67 bits per heavy atom. The molecule has 0 radical (unpaired) electrons. The summed E-state index contributed by atoms with van der Waals surface area (Å²) < 4.78 is 6.85. The highest BCUT2D eigenvalue weighted by atomic mass is 127. The molecule has 0 aliphatic rings. The van der Waals surface area contributed by atoms with E-state index in [0.717, 1.165) is 26.1 Å². The largest absolute Gasteiger partial charge is 0.481 e. The van der Waals surface area contributed by atoms with E-state index < -0.39 is 6.10 Å². The number of hydrogen-bond acceptors (Lipinski definition) is 2. The fraction of sp³-hybridized carbons (Fsp3) is 0.235. The van der Waals surface area contributed by atoms with Gasteiger partial charge in [0.1, 0.15) is 5.75 Å². The third-order valence-corrected chi connectivity index (χ3v) is 3.71. The Labute approximate surface area is 138 Å². The van der Waals surface area contributed by atoms with E-state index in [9.17, 15) is 4.79 Å². The Bertz CT molecular complexity index is 617. The highest BCUT2D eigenvalue weighted by molar-refractivity contribution is 14.1. The number of carbonyl (C=O) groups is 1. The lowest BCUT2D eigenvalue weighted by Gasteiger charge is -2.15. The van der Waals surface area contributed by atoms with Crippen LogP contribution in [0.4, 0.5) is 5.69 Å². The molecule has 1 atom stereocenters. The van der Waals surface area contributed by atoms with Crippen LogP contribution in [0.25, 0.3) is 0 Å². The summed E-state index contributed by atoms with van der Waals surface area (Å²) in [5.74, 6) is 0.563. The molecule has 0 aliphatic carbocycles. The van der Waals surface area contributed by atoms with E-state index in [1.807, 2.05) is 50.2 Å². The number of nitrogens with one attached hydrogen (secondary N) is 1. The molecular weight excluding hydrogens is 377 g/mol. The van der Waals surface area contributed by atoms with Gasteiger partial charge < -0.3 is 10.1 Å². The third-order valence-electron chi connectivity index (χ3n) is 2.99. The average molecular weight is 395 g/mol. The van der Waals surface area contributed by atoms with E-state index in [-0.39, 0.29) is 5.91 Å². The first-order valence-electron chi connectivity index (χ1n) is 6.75. The lowest BCUT2D eigenvalue weighted by molar-refractivity contribution is -0.122. The summed E-state index contributed by atoms with van der Waals surface area (Å²) in [6.07, 6.45) is -0.550. The molecule has 2 aromatic carbocycles. The summed E-state index contributed by atoms with van der Waals surface area (Å²) in [5, 5.41) is 2.85. The van der Waals surface area contributed by atoms with Gasteiger partial charge >= 0.3 is 0 Å². The zero-order chi connectivity index (χ0) is 15.4. The third kappa shape index (κ3) is 4.74. The fourth-order valence-electron chi connectivity index (χ4n) is 2.04. The molecular formula is C17H18INO2. The lowest BCUT2D eigenvalue weighted by Crippen LogP contribution is -2.30. The molecule has 0 fully saturated rings. The van der Waals surface area contributed by atoms with Crippen molar-refractivity contribution in [2.75, 3.05) is 5.32 Å². The van der Waals surface area contributed by atoms with Crippen LogP contribution in [-0.2, 0) is 4.79 Å². The molecule has 0 heterocycles. The van der Waals surface area contributed by atoms with Gasteiger partial charge in [-0.3, -0.25) is 4.79 Å². The number of amides is 1. The van der Waals surface area contributed by atoms with Crippen LogP contribution < -0.4 is 10.1 Å². The molecule has 1 amide bonds. The van der Waals surface area contributed by atoms with Gasteiger partial charge in [0.2, 0.25) is 0 Å². The maximum atomic E-state index is 12.1. The van der Waals surface area contributed by atoms with Crippen molar-refractivity contribution >= 4 is 34.2 Å². The molecule has 2 aromatic rings. The lowest BCUT2D eigenvalue weighted by atomic mass is 10.1. The Kier molecular flexibility index (Phi) is 5.22. The summed E-state index contributed by atoms with van der Waals surface area (Å²) in [4.78, 5) is 12.1. The standard InChI is InChI=1S/C17H18INO2/c1-11-8-12(2)10-16(9-11)21-13(3)17(20)19-15-6-4-14(18)5-7-15/h4-10,13H,1-3H3,(H,19,20)/t13-/m0/s1. The number of carbonyl (C=O) groups excluding carboxylic acids is 1. The molecule has 0 saturated heterocycles. The molecule has 0 bridgehead atoms. The molecule has 0 aromatic heterocycles. The predicted molar refractivity (Wildman–Crippen MR) is 93.8 cm³/mol. The highest BCUT2D eigenvalue weighted by Crippen LogP contribution is 2.18. The van der Waals surface area contributed by atoms with Gasteiger partial charge in [-0.1, -0.05) is 6.07 Å². The molecule has 0 unspecified atom stereocenters. The number of halogens is 1. The summed E-state index contributed by atoms with van der Waals surface area (Å²) in [5.41, 5.74) is 3.02. The summed E-state index contributed by atoms with van der Waals surface area (Å²) in [7, 11) is 0. The van der Waals surface area contributed by atoms with Crippen LogP contribution in [0.3, 0.4) is 0 Å². The number of ether oxygens (including phenoxy) is 1. The minimum Gasteiger partial charge on any atom is -0.481 e. The van der Waals surface area contributed by atoms with Crippen LogP contribution in [0.15, 0.2) is 42.5 Å². The first-order chi connectivity index (χ1) is 9.94. The van der Waals surface area contributed by atoms with Crippen molar-refractivity contribution in [3.8, 4) is 5.75 Å². The number of hydrogen-bond donors (Lipinski definition) is 1. The quantitative estimate of drug-likeness (QED) is 0.784. The molecule has 3 nitrogen and oxygen atoms in total. The number of anilines is 1. The second-order valence-electron chi connectivity index (χ2n) is 5.08. The first kappa shape index (κ1) is 15.8. The number of rotatable bonds is 4. The second kappa shape index (κ2) is 6.93. The summed E-state index contributed by atoms with van der Waals surface area (Å²) in [6.45, 7) is 5.77. The van der Waals surface area contributed by atoms with E-state index >= 15 is 0 Å². The minimum atomic E-state index is -0.550. The van der Waals surface area contributed by atoms with Crippen molar-refractivity contribution in [2.45, 2.75) is 26.9 Å². The molecule has 21 heavy (non-hydrogen) atoms. The smallest absolute Gasteiger partial charge is 0.265 e. The van der Waals surface area contributed by atoms with Gasteiger partial charge in [-0.05, 0) is 90.9 Å². The van der Waals surface area contributed by atoms with E-state index in [1.165, 1.54) is 0 Å². The first-order valence-corrected chi connectivity index (χ1v) is 7.83. The monoisotopic (exact) mass is 395 g/mol. The van der Waals surface area contributed by atoms with E-state index in [4.69, 9.17) is 4.74 Å². The van der Waals surface area contributed by atoms with Gasteiger partial charge in [-0.2, -0.15) is 0 Å². The van der Waals surface area contributed by atoms with Crippen LogP contribution in [0, 0.1) is 17.4 Å². The Hall–Kier alpha value is -1.56. The molecule has 0 aliphatic heterocycles. The molecule has 0 saturated carbocycles. The van der Waals surface area contributed by atoms with E-state index in [0.29, 0.717) is 0 Å². The zero-order valence-electron chi connectivity index (χ0n) is 12.3. The zero-order valence-corrected chi connectivity index (χ0v) is 14.5. The van der Waals surface area contributed by atoms with Gasteiger partial charge in [0.15, 0.2) is 6.10 Å². The maximum Gasteiger partial charge on any atom is 0.265 e. The van der Waals surface area contributed by atoms with Crippen molar-refractivity contribution < 1.29 is 9.53 Å². The predicted octanol–water partition coefficient (Wildman–Crippen LogP) is 4.31. The Morgan fingerprint density at radius 3 is 2.24 bits per heavy atom. The van der Waals surface area contributed by atoms with Crippen molar-refractivity contribution in [1.82, 2.24) is 0 Å². The van der Waals surface area contributed by atoms with Gasteiger partial charge in [-0.25, -0.2) is 0 Å². The van der Waals surface area contributed by atoms with Crippen LogP contribution in [0.5, 0.6) is 5.75 Å². The van der Waals surface area contributed by atoms with Gasteiger partial charge in [0.05, 0.1) is 0 Å². The van der Waals surface area contributed by atoms with Crippen LogP contribution in [-0.4, -0.2) is 12.0 Å². The van der Waals surface area contributed by atoms with Crippen LogP contribution >= 0.6 is 22.6 Å². The molecule has 0 spiro atoms. The Balaban J connectivity index is 2.00. The molecule has 2 rings (SSSR count). The summed E-state index contributed by atoms with van der Waals surface area (Å²) in [6, 6.07) is 13.6. The maximum absolute atomic E-state index is 12.1. The topological polar surface area (TPSA) is 38.3 Å². The molecule has 110 valence electrons. The number of aryl methyl sites for hydroxylation is 2. The van der Waals surface area contributed by atoms with Crippen LogP contribution in [0.1, 0.15) is 18.1 Å². The molecule has 4 heteroatoms. The Morgan fingerprint density at radius 1 is 1.10 bits per heavy atom.